The van der Waals surface area contributed by atoms with Gasteiger partial charge in [0.25, 0.3) is 17.4 Å². The number of amides is 2. The Morgan fingerprint density at radius 3 is 2.34 bits per heavy atom. The molecule has 0 aromatic heterocycles. The van der Waals surface area contributed by atoms with Crippen molar-refractivity contribution in [3.63, 3.8) is 0 Å². The molecule has 2 amide bonds. The number of ether oxygens (including phenoxy) is 1. The van der Waals surface area contributed by atoms with Crippen molar-refractivity contribution in [1.29, 1.82) is 0 Å². The summed E-state index contributed by atoms with van der Waals surface area (Å²) in [5.74, 6) is -1.72. The number of hydroxylamine groups is 2. The van der Waals surface area contributed by atoms with Crippen molar-refractivity contribution in [2.75, 3.05) is 20.3 Å². The molecule has 44 heavy (non-hydrogen) atoms. The van der Waals surface area contributed by atoms with Gasteiger partial charge in [-0.15, -0.1) is 0 Å². The first-order valence-corrected chi connectivity index (χ1v) is 13.9. The summed E-state index contributed by atoms with van der Waals surface area (Å²) >= 11 is 11.9. The second-order valence-electron chi connectivity index (χ2n) is 10.2. The highest BCUT2D eigenvalue weighted by molar-refractivity contribution is 6.34. The van der Waals surface area contributed by atoms with Crippen molar-refractivity contribution in [2.45, 2.75) is 31.2 Å². The molecule has 2 unspecified atom stereocenters. The van der Waals surface area contributed by atoms with Gasteiger partial charge in [0.15, 0.2) is 0 Å². The maximum atomic E-state index is 14.3. The molecule has 2 aliphatic heterocycles. The number of nitrogens with one attached hydrogen (secondary N) is 1. The number of aryl methyl sites for hydroxylation is 1. The molecule has 5 rings (SSSR count). The highest BCUT2D eigenvalue weighted by Gasteiger charge is 2.62. The van der Waals surface area contributed by atoms with Crippen LogP contribution in [0.25, 0.3) is 0 Å². The van der Waals surface area contributed by atoms with Crippen LogP contribution in [0.2, 0.25) is 10.0 Å². The van der Waals surface area contributed by atoms with E-state index < -0.39 is 42.0 Å². The van der Waals surface area contributed by atoms with E-state index in [9.17, 15) is 27.6 Å². The molecule has 2 heterocycles. The van der Waals surface area contributed by atoms with Crippen LogP contribution in [0.5, 0.6) is 0 Å². The summed E-state index contributed by atoms with van der Waals surface area (Å²) in [5.41, 5.74) is -1.81. The summed E-state index contributed by atoms with van der Waals surface area (Å²) in [6.45, 7) is 1.64. The lowest BCUT2D eigenvalue weighted by atomic mass is 9.86. The number of oxime groups is 1. The van der Waals surface area contributed by atoms with E-state index in [0.717, 1.165) is 17.2 Å². The Morgan fingerprint density at radius 2 is 1.70 bits per heavy atom. The van der Waals surface area contributed by atoms with Crippen molar-refractivity contribution in [3.05, 3.63) is 104 Å². The lowest BCUT2D eigenvalue weighted by molar-refractivity contribution is -0.275. The first kappa shape index (κ1) is 31.3. The smallest absolute Gasteiger partial charge is 0.435 e. The van der Waals surface area contributed by atoms with Gasteiger partial charge in [-0.3, -0.25) is 14.4 Å². The monoisotopic (exact) mass is 649 g/mol. The third-order valence-corrected chi connectivity index (χ3v) is 7.70. The normalized spacial score (nSPS) is 19.8. The number of methoxy groups -OCH3 is 1. The van der Waals surface area contributed by atoms with Gasteiger partial charge in [0.05, 0.1) is 43.1 Å². The molecule has 0 bridgehead atoms. The molecule has 14 heteroatoms. The van der Waals surface area contributed by atoms with Gasteiger partial charge >= 0.3 is 12.1 Å². The SMILES string of the molecule is COC(=O)c1ccccc1C(=O)N1CC(NC(=O)c2ccc(C3=NOC(c4cc(Cl)cc(Cl)c4)(C(F)(F)F)C3)cc2C)CO1. The molecule has 0 radical (unpaired) electrons. The highest BCUT2D eigenvalue weighted by atomic mass is 35.5. The van der Waals surface area contributed by atoms with Crippen molar-refractivity contribution in [3.8, 4) is 0 Å². The number of carbonyl (C=O) groups excluding carboxylic acids is 3. The van der Waals surface area contributed by atoms with Gasteiger partial charge in [-0.1, -0.05) is 46.6 Å². The van der Waals surface area contributed by atoms with Crippen molar-refractivity contribution in [1.82, 2.24) is 10.4 Å². The molecule has 0 spiro atoms. The first-order chi connectivity index (χ1) is 20.8. The zero-order chi connectivity index (χ0) is 31.8. The Kier molecular flexibility index (Phi) is 8.61. The summed E-state index contributed by atoms with van der Waals surface area (Å²) in [6.07, 6.45) is -5.48. The van der Waals surface area contributed by atoms with Gasteiger partial charge in [0, 0.05) is 27.6 Å². The topological polar surface area (TPSA) is 107 Å². The molecule has 230 valence electrons. The maximum Gasteiger partial charge on any atom is 0.435 e. The van der Waals surface area contributed by atoms with Gasteiger partial charge in [-0.25, -0.2) is 9.86 Å². The van der Waals surface area contributed by atoms with Crippen LogP contribution in [0.1, 0.15) is 54.2 Å². The summed E-state index contributed by atoms with van der Waals surface area (Å²) < 4.78 is 47.8. The summed E-state index contributed by atoms with van der Waals surface area (Å²) in [7, 11) is 1.21. The summed E-state index contributed by atoms with van der Waals surface area (Å²) in [4.78, 5) is 48.7. The minimum atomic E-state index is -4.85. The molecule has 1 N–H and O–H groups in total. The molecule has 1 fully saturated rings. The molecule has 2 atom stereocenters. The van der Waals surface area contributed by atoms with E-state index in [2.05, 4.69) is 10.5 Å². The quantitative estimate of drug-likeness (QED) is 0.336. The van der Waals surface area contributed by atoms with E-state index in [-0.39, 0.29) is 51.2 Å². The van der Waals surface area contributed by atoms with Gasteiger partial charge < -0.3 is 14.9 Å². The van der Waals surface area contributed by atoms with E-state index in [0.29, 0.717) is 11.1 Å². The first-order valence-electron chi connectivity index (χ1n) is 13.2. The fourth-order valence-corrected chi connectivity index (χ4v) is 5.54. The van der Waals surface area contributed by atoms with Crippen LogP contribution in [-0.4, -0.2) is 61.0 Å². The summed E-state index contributed by atoms with van der Waals surface area (Å²) in [5, 5.41) is 7.65. The molecular formula is C30H24Cl2F3N3O6. The third kappa shape index (κ3) is 5.97. The number of hydrogen-bond donors (Lipinski definition) is 1. The molecule has 3 aromatic carbocycles. The Hall–Kier alpha value is -4.13. The molecule has 0 saturated carbocycles. The standard InChI is InChI=1S/C30H24Cl2F3N3O6/c1-16-9-17(25-13-29(44-37-25,30(33,34)35)18-10-19(31)12-20(32)11-18)7-8-22(16)26(39)36-21-14-38(43-15-21)27(40)23-5-3-4-6-24(23)28(41)42-2/h3-12,21H,13-15H2,1-2H3,(H,36,39). The minimum absolute atomic E-state index is 0.00378. The molecule has 1 saturated heterocycles. The van der Waals surface area contributed by atoms with Crippen molar-refractivity contribution in [2.24, 2.45) is 5.16 Å². The number of halogens is 5. The number of benzene rings is 3. The molecule has 0 aliphatic carbocycles. The van der Waals surface area contributed by atoms with Crippen molar-refractivity contribution < 1.29 is 42.0 Å². The number of carbonyl (C=O) groups is 3. The van der Waals surface area contributed by atoms with E-state index >= 15 is 0 Å². The number of esters is 1. The predicted molar refractivity (Wildman–Crippen MR) is 154 cm³/mol. The third-order valence-electron chi connectivity index (χ3n) is 7.26. The molecule has 3 aromatic rings. The lowest BCUT2D eigenvalue weighted by Gasteiger charge is -2.29. The summed E-state index contributed by atoms with van der Waals surface area (Å²) in [6, 6.07) is 13.6. The van der Waals surface area contributed by atoms with Crippen LogP contribution in [0.3, 0.4) is 0 Å². The molecular weight excluding hydrogens is 626 g/mol. The minimum Gasteiger partial charge on any atom is -0.465 e. The van der Waals surface area contributed by atoms with Crippen LogP contribution >= 0.6 is 23.2 Å². The second-order valence-corrected chi connectivity index (χ2v) is 11.1. The average molecular weight is 650 g/mol. The Balaban J connectivity index is 1.27. The van der Waals surface area contributed by atoms with Crippen LogP contribution in [0.15, 0.2) is 65.8 Å². The predicted octanol–water partition coefficient (Wildman–Crippen LogP) is 5.86. The average Bonchev–Trinajstić information content (AvgIpc) is 3.64. The zero-order valence-corrected chi connectivity index (χ0v) is 24.7. The van der Waals surface area contributed by atoms with E-state index in [1.54, 1.807) is 25.1 Å². The van der Waals surface area contributed by atoms with Crippen LogP contribution in [0, 0.1) is 6.92 Å². The number of alkyl halides is 3. The van der Waals surface area contributed by atoms with Crippen LogP contribution < -0.4 is 5.32 Å². The largest absolute Gasteiger partial charge is 0.465 e. The Bertz CT molecular complexity index is 1660. The lowest BCUT2D eigenvalue weighted by Crippen LogP contribution is -2.42. The number of rotatable bonds is 6. The van der Waals surface area contributed by atoms with Gasteiger partial charge in [0.1, 0.15) is 0 Å². The maximum absolute atomic E-state index is 14.3. The van der Waals surface area contributed by atoms with Gasteiger partial charge in [-0.2, -0.15) is 13.2 Å². The fraction of sp³-hybridized carbons (Fsp3) is 0.267. The van der Waals surface area contributed by atoms with Crippen LogP contribution in [0.4, 0.5) is 13.2 Å². The fourth-order valence-electron chi connectivity index (χ4n) is 5.01. The van der Waals surface area contributed by atoms with Crippen molar-refractivity contribution >= 4 is 46.7 Å². The number of nitrogens with zero attached hydrogens (tertiary/aromatic N) is 2. The van der Waals surface area contributed by atoms with Crippen LogP contribution in [-0.2, 0) is 20.0 Å². The van der Waals surface area contributed by atoms with Gasteiger partial charge in [0.2, 0.25) is 0 Å². The van der Waals surface area contributed by atoms with E-state index in [4.69, 9.17) is 37.6 Å². The molecule has 9 nitrogen and oxygen atoms in total. The Labute approximate surface area is 259 Å². The second kappa shape index (κ2) is 12.1. The molecule has 2 aliphatic rings. The number of hydrogen-bond acceptors (Lipinski definition) is 7. The highest BCUT2D eigenvalue weighted by Crippen LogP contribution is 2.49. The van der Waals surface area contributed by atoms with Gasteiger partial charge in [-0.05, 0) is 60.5 Å². The zero-order valence-electron chi connectivity index (χ0n) is 23.2. The van der Waals surface area contributed by atoms with E-state index in [1.165, 1.54) is 37.4 Å². The van der Waals surface area contributed by atoms with E-state index in [1.807, 2.05) is 0 Å². The Morgan fingerprint density at radius 1 is 1.02 bits per heavy atom.